The van der Waals surface area contributed by atoms with Crippen molar-refractivity contribution in [3.8, 4) is 0 Å². The van der Waals surface area contributed by atoms with Crippen LogP contribution in [0.15, 0.2) is 24.3 Å². The summed E-state index contributed by atoms with van der Waals surface area (Å²) in [6, 6.07) is 6.70. The molecule has 2 rings (SSSR count). The molecule has 5 nitrogen and oxygen atoms in total. The lowest BCUT2D eigenvalue weighted by Gasteiger charge is -2.38. The third kappa shape index (κ3) is 4.57. The number of amides is 2. The van der Waals surface area contributed by atoms with Crippen LogP contribution in [0.1, 0.15) is 67.2 Å². The van der Waals surface area contributed by atoms with Gasteiger partial charge in [-0.05, 0) is 51.0 Å². The Morgan fingerprint density at radius 3 is 2.29 bits per heavy atom. The van der Waals surface area contributed by atoms with E-state index in [2.05, 4.69) is 10.6 Å². The van der Waals surface area contributed by atoms with E-state index >= 15 is 0 Å². The molecule has 3 N–H and O–H groups in total. The van der Waals surface area contributed by atoms with E-state index in [1.165, 1.54) is 0 Å². The Balaban J connectivity index is 1.94. The van der Waals surface area contributed by atoms with Crippen molar-refractivity contribution in [2.45, 2.75) is 58.6 Å². The van der Waals surface area contributed by atoms with E-state index in [0.29, 0.717) is 17.7 Å². The second-order valence-corrected chi connectivity index (χ2v) is 7.30. The van der Waals surface area contributed by atoms with Gasteiger partial charge in [-0.2, -0.15) is 0 Å². The number of hydrogen-bond donors (Lipinski definition) is 3. The van der Waals surface area contributed by atoms with Crippen molar-refractivity contribution >= 4 is 11.8 Å². The van der Waals surface area contributed by atoms with Crippen molar-refractivity contribution in [2.24, 2.45) is 5.41 Å². The average molecular weight is 332 g/mol. The molecule has 1 aliphatic rings. The van der Waals surface area contributed by atoms with Gasteiger partial charge in [0.1, 0.15) is 0 Å². The summed E-state index contributed by atoms with van der Waals surface area (Å²) in [6.07, 6.45) is 3.48. The third-order valence-electron chi connectivity index (χ3n) is 4.76. The van der Waals surface area contributed by atoms with Gasteiger partial charge in [0.25, 0.3) is 11.8 Å². The number of aliphatic hydroxyl groups is 1. The number of nitrogens with one attached hydrogen (secondary N) is 2. The van der Waals surface area contributed by atoms with Crippen molar-refractivity contribution in [3.05, 3.63) is 35.4 Å². The molecule has 1 aromatic carbocycles. The number of benzene rings is 1. The average Bonchev–Trinajstić information content (AvgIpc) is 2.55. The van der Waals surface area contributed by atoms with Gasteiger partial charge in [-0.3, -0.25) is 9.59 Å². The van der Waals surface area contributed by atoms with Crippen molar-refractivity contribution < 1.29 is 14.7 Å². The molecular formula is C19H28N2O3. The highest BCUT2D eigenvalue weighted by molar-refractivity contribution is 5.97. The van der Waals surface area contributed by atoms with Gasteiger partial charge in [0.05, 0.1) is 6.10 Å². The highest BCUT2D eigenvalue weighted by atomic mass is 16.3. The van der Waals surface area contributed by atoms with Crippen molar-refractivity contribution in [1.29, 1.82) is 0 Å². The lowest BCUT2D eigenvalue weighted by atomic mass is 9.73. The lowest BCUT2D eigenvalue weighted by molar-refractivity contribution is 0.00190. The smallest absolute Gasteiger partial charge is 0.251 e. The van der Waals surface area contributed by atoms with Crippen molar-refractivity contribution in [1.82, 2.24) is 10.6 Å². The lowest BCUT2D eigenvalue weighted by Crippen LogP contribution is -2.45. The largest absolute Gasteiger partial charge is 0.392 e. The molecule has 0 aromatic heterocycles. The van der Waals surface area contributed by atoms with Gasteiger partial charge in [0.15, 0.2) is 0 Å². The van der Waals surface area contributed by atoms with Gasteiger partial charge in [0.2, 0.25) is 0 Å². The number of hydrogen-bond acceptors (Lipinski definition) is 3. The van der Waals surface area contributed by atoms with Crippen LogP contribution in [0.3, 0.4) is 0 Å². The molecule has 2 atom stereocenters. The predicted octanol–water partition coefficient (Wildman–Crippen LogP) is 2.50. The molecule has 5 heteroatoms. The summed E-state index contributed by atoms with van der Waals surface area (Å²) < 4.78 is 0. The quantitative estimate of drug-likeness (QED) is 0.775. The standard InChI is InChI=1S/C19H28N2O3/c1-13(2)21-18(24)15-9-7-14(8-10-15)17(23)20-12-19(3)11-5-4-6-16(19)22/h7-10,13,16,22H,4-6,11-12H2,1-3H3,(H,20,23)(H,21,24). The van der Waals surface area contributed by atoms with E-state index in [9.17, 15) is 14.7 Å². The number of carbonyl (C=O) groups is 2. The highest BCUT2D eigenvalue weighted by Crippen LogP contribution is 2.35. The molecule has 2 unspecified atom stereocenters. The Labute approximate surface area is 143 Å². The minimum Gasteiger partial charge on any atom is -0.392 e. The van der Waals surface area contributed by atoms with E-state index in [1.54, 1.807) is 24.3 Å². The maximum absolute atomic E-state index is 12.3. The highest BCUT2D eigenvalue weighted by Gasteiger charge is 2.35. The first-order chi connectivity index (χ1) is 11.3. The molecule has 0 aliphatic heterocycles. The normalized spacial score (nSPS) is 23.8. The fourth-order valence-corrected chi connectivity index (χ4v) is 3.09. The molecule has 0 heterocycles. The Hall–Kier alpha value is -1.88. The number of rotatable bonds is 5. The van der Waals surface area contributed by atoms with Gasteiger partial charge >= 0.3 is 0 Å². The molecule has 1 aliphatic carbocycles. The van der Waals surface area contributed by atoms with Crippen molar-refractivity contribution in [3.63, 3.8) is 0 Å². The van der Waals surface area contributed by atoms with Gasteiger partial charge in [-0.25, -0.2) is 0 Å². The van der Waals surface area contributed by atoms with Crippen LogP contribution >= 0.6 is 0 Å². The third-order valence-corrected chi connectivity index (χ3v) is 4.76. The summed E-state index contributed by atoms with van der Waals surface area (Å²) in [5.74, 6) is -0.320. The summed E-state index contributed by atoms with van der Waals surface area (Å²) >= 11 is 0. The second-order valence-electron chi connectivity index (χ2n) is 7.30. The maximum atomic E-state index is 12.3. The van der Waals surface area contributed by atoms with Gasteiger partial charge in [0, 0.05) is 29.1 Å². The van der Waals surface area contributed by atoms with Crippen LogP contribution in [0.4, 0.5) is 0 Å². The fourth-order valence-electron chi connectivity index (χ4n) is 3.09. The van der Waals surface area contributed by atoms with Crippen LogP contribution < -0.4 is 10.6 Å². The van der Waals surface area contributed by atoms with Crippen LogP contribution in [-0.2, 0) is 0 Å². The minimum absolute atomic E-state index is 0.0724. The Morgan fingerprint density at radius 1 is 1.17 bits per heavy atom. The number of aliphatic hydroxyl groups excluding tert-OH is 1. The molecule has 132 valence electrons. The molecule has 24 heavy (non-hydrogen) atoms. The summed E-state index contributed by atoms with van der Waals surface area (Å²) in [4.78, 5) is 24.2. The molecule has 2 amide bonds. The van der Waals surface area contributed by atoms with Gasteiger partial charge in [-0.15, -0.1) is 0 Å². The van der Waals surface area contributed by atoms with E-state index in [1.807, 2.05) is 20.8 Å². The Morgan fingerprint density at radius 2 is 1.75 bits per heavy atom. The molecule has 1 aromatic rings. The molecule has 0 saturated heterocycles. The predicted molar refractivity (Wildman–Crippen MR) is 94.0 cm³/mol. The van der Waals surface area contributed by atoms with Crippen LogP contribution in [0.5, 0.6) is 0 Å². The molecule has 1 fully saturated rings. The molecule has 1 saturated carbocycles. The zero-order chi connectivity index (χ0) is 17.7. The zero-order valence-electron chi connectivity index (χ0n) is 14.8. The summed E-state index contributed by atoms with van der Waals surface area (Å²) in [5, 5.41) is 15.9. The number of carbonyl (C=O) groups excluding carboxylic acids is 2. The van der Waals surface area contributed by atoms with Crippen LogP contribution in [0.25, 0.3) is 0 Å². The van der Waals surface area contributed by atoms with E-state index in [4.69, 9.17) is 0 Å². The Bertz CT molecular complexity index is 583. The van der Waals surface area contributed by atoms with E-state index in [0.717, 1.165) is 25.7 Å². The first-order valence-electron chi connectivity index (χ1n) is 8.69. The fraction of sp³-hybridized carbons (Fsp3) is 0.579. The zero-order valence-corrected chi connectivity index (χ0v) is 14.8. The monoisotopic (exact) mass is 332 g/mol. The van der Waals surface area contributed by atoms with Crippen LogP contribution in [-0.4, -0.2) is 35.6 Å². The minimum atomic E-state index is -0.367. The van der Waals surface area contributed by atoms with Crippen LogP contribution in [0, 0.1) is 5.41 Å². The molecule has 0 radical (unpaired) electrons. The summed E-state index contributed by atoms with van der Waals surface area (Å²) in [5.41, 5.74) is 0.797. The Kier molecular flexibility index (Phi) is 5.99. The summed E-state index contributed by atoms with van der Waals surface area (Å²) in [7, 11) is 0. The first-order valence-corrected chi connectivity index (χ1v) is 8.69. The molecule has 0 bridgehead atoms. The second kappa shape index (κ2) is 7.79. The first kappa shape index (κ1) is 18.5. The SMILES string of the molecule is CC(C)NC(=O)c1ccc(C(=O)NCC2(C)CCCCC2O)cc1. The van der Waals surface area contributed by atoms with Gasteiger partial charge < -0.3 is 15.7 Å². The summed E-state index contributed by atoms with van der Waals surface area (Å²) in [6.45, 7) is 6.29. The maximum Gasteiger partial charge on any atom is 0.251 e. The van der Waals surface area contributed by atoms with E-state index < -0.39 is 0 Å². The van der Waals surface area contributed by atoms with Gasteiger partial charge in [-0.1, -0.05) is 19.8 Å². The molecule has 0 spiro atoms. The van der Waals surface area contributed by atoms with E-state index in [-0.39, 0.29) is 29.4 Å². The topological polar surface area (TPSA) is 78.4 Å². The van der Waals surface area contributed by atoms with Crippen molar-refractivity contribution in [2.75, 3.05) is 6.54 Å². The molecular weight excluding hydrogens is 304 g/mol. The van der Waals surface area contributed by atoms with Crippen LogP contribution in [0.2, 0.25) is 0 Å².